The van der Waals surface area contributed by atoms with E-state index < -0.39 is 40.1 Å². The Labute approximate surface area is 140 Å². The van der Waals surface area contributed by atoms with Gasteiger partial charge in [-0.3, -0.25) is 9.35 Å². The molecule has 0 atom stereocenters. The first-order valence-corrected chi connectivity index (χ1v) is 8.30. The van der Waals surface area contributed by atoms with E-state index in [0.717, 1.165) is 5.39 Å². The molecule has 0 fully saturated rings. The minimum atomic E-state index is -6.33. The van der Waals surface area contributed by atoms with Crippen LogP contribution < -0.4 is 4.74 Å². The molecule has 0 bridgehead atoms. The maximum atomic E-state index is 13.3. The van der Waals surface area contributed by atoms with Gasteiger partial charge in [-0.1, -0.05) is 30.3 Å². The van der Waals surface area contributed by atoms with Crippen molar-refractivity contribution in [2.45, 2.75) is 24.0 Å². The third-order valence-electron chi connectivity index (χ3n) is 3.35. The molecule has 0 unspecified atom stereocenters. The van der Waals surface area contributed by atoms with Crippen LogP contribution in [0, 0.1) is 0 Å². The van der Waals surface area contributed by atoms with Gasteiger partial charge in [0.2, 0.25) is 0 Å². The lowest BCUT2D eigenvalue weighted by Gasteiger charge is -2.23. The maximum absolute atomic E-state index is 13.3. The van der Waals surface area contributed by atoms with Gasteiger partial charge in [0.1, 0.15) is 5.75 Å². The molecule has 0 radical (unpaired) electrons. The Morgan fingerprint density at radius 2 is 1.64 bits per heavy atom. The molecule has 0 aromatic heterocycles. The summed E-state index contributed by atoms with van der Waals surface area (Å²) in [7, 11) is -6.33. The second-order valence-electron chi connectivity index (χ2n) is 5.18. The summed E-state index contributed by atoms with van der Waals surface area (Å²) in [6.07, 6.45) is -2.99. The van der Waals surface area contributed by atoms with E-state index in [-0.39, 0.29) is 5.75 Å². The Hall–Kier alpha value is -2.20. The summed E-state index contributed by atoms with van der Waals surface area (Å²) in [5.41, 5.74) is 0. The van der Waals surface area contributed by atoms with E-state index in [1.54, 1.807) is 30.3 Å². The fraction of sp³-hybridized carbons (Fsp3) is 0.267. The summed E-state index contributed by atoms with van der Waals surface area (Å²) in [6.45, 7) is 0. The molecule has 10 heteroatoms. The Balaban J connectivity index is 2.04. The van der Waals surface area contributed by atoms with Crippen molar-refractivity contribution in [1.82, 2.24) is 0 Å². The third-order valence-corrected chi connectivity index (χ3v) is 4.29. The molecule has 0 saturated carbocycles. The molecular weight excluding hydrogens is 368 g/mol. The summed E-state index contributed by atoms with van der Waals surface area (Å²) >= 11 is 0. The normalized spacial score (nSPS) is 13.0. The van der Waals surface area contributed by atoms with Crippen LogP contribution >= 0.6 is 0 Å². The van der Waals surface area contributed by atoms with Gasteiger partial charge in [0.25, 0.3) is 0 Å². The maximum Gasteiger partial charge on any atom is 0.431 e. The van der Waals surface area contributed by atoms with Crippen molar-refractivity contribution in [1.29, 1.82) is 0 Å². The van der Waals surface area contributed by atoms with Crippen LogP contribution in [0.4, 0.5) is 17.6 Å². The van der Waals surface area contributed by atoms with Gasteiger partial charge in [-0.25, -0.2) is 0 Å². The highest BCUT2D eigenvalue weighted by Gasteiger charge is 2.65. The van der Waals surface area contributed by atoms with Crippen LogP contribution in [0.2, 0.25) is 0 Å². The first-order chi connectivity index (χ1) is 11.4. The zero-order valence-corrected chi connectivity index (χ0v) is 13.3. The summed E-state index contributed by atoms with van der Waals surface area (Å²) < 4.78 is 86.4. The zero-order chi connectivity index (χ0) is 18.9. The molecule has 0 heterocycles. The van der Waals surface area contributed by atoms with Crippen molar-refractivity contribution < 1.29 is 40.1 Å². The highest BCUT2D eigenvalue weighted by molar-refractivity contribution is 7.87. The number of hydrogen-bond donors (Lipinski definition) is 1. The lowest BCUT2D eigenvalue weighted by molar-refractivity contribution is -0.168. The Kier molecular flexibility index (Phi) is 5.05. The van der Waals surface area contributed by atoms with Crippen LogP contribution in [-0.4, -0.2) is 30.1 Å². The monoisotopic (exact) mass is 380 g/mol. The molecule has 2 aromatic rings. The second kappa shape index (κ2) is 6.60. The highest BCUT2D eigenvalue weighted by atomic mass is 32.2. The van der Waals surface area contributed by atoms with E-state index in [9.17, 15) is 30.8 Å². The average Bonchev–Trinajstić information content (AvgIpc) is 2.52. The zero-order valence-electron chi connectivity index (χ0n) is 12.5. The molecule has 5 nitrogen and oxygen atoms in total. The summed E-state index contributed by atoms with van der Waals surface area (Å²) in [5, 5.41) is -4.17. The molecule has 0 amide bonds. The topological polar surface area (TPSA) is 80.7 Å². The first-order valence-electron chi connectivity index (χ1n) is 6.86. The van der Waals surface area contributed by atoms with E-state index in [4.69, 9.17) is 9.29 Å². The predicted molar refractivity (Wildman–Crippen MR) is 80.3 cm³/mol. The van der Waals surface area contributed by atoms with Gasteiger partial charge in [-0.15, -0.1) is 0 Å². The second-order valence-corrected chi connectivity index (χ2v) is 6.64. The molecule has 0 aliphatic carbocycles. The first kappa shape index (κ1) is 19.1. The summed E-state index contributed by atoms with van der Waals surface area (Å²) in [6, 6.07) is 11.5. The van der Waals surface area contributed by atoms with Gasteiger partial charge in [0.05, 0.1) is 6.42 Å². The molecule has 1 N–H and O–H groups in total. The Bertz CT molecular complexity index is 896. The van der Waals surface area contributed by atoms with Crippen molar-refractivity contribution >= 4 is 26.9 Å². The van der Waals surface area contributed by atoms with Gasteiger partial charge in [-0.05, 0) is 22.9 Å². The van der Waals surface area contributed by atoms with Crippen LogP contribution in [0.25, 0.3) is 10.8 Å². The molecule has 0 spiro atoms. The van der Waals surface area contributed by atoms with E-state index in [1.807, 2.05) is 0 Å². The lowest BCUT2D eigenvalue weighted by atomic mass is 10.1. The van der Waals surface area contributed by atoms with Gasteiger partial charge in [0.15, 0.2) is 0 Å². The van der Waals surface area contributed by atoms with Crippen molar-refractivity contribution in [3.05, 3.63) is 42.5 Å². The van der Waals surface area contributed by atoms with E-state index in [2.05, 4.69) is 0 Å². The number of ether oxygens (including phenoxy) is 1. The number of rotatable bonds is 6. The number of carbonyl (C=O) groups is 1. The molecule has 2 aromatic carbocycles. The molecule has 2 rings (SSSR count). The van der Waals surface area contributed by atoms with Crippen LogP contribution in [0.1, 0.15) is 12.8 Å². The minimum absolute atomic E-state index is 0.0218. The molecule has 0 aliphatic rings. The number of halogens is 4. The van der Waals surface area contributed by atoms with Crippen molar-refractivity contribution in [3.63, 3.8) is 0 Å². The lowest BCUT2D eigenvalue weighted by Crippen LogP contribution is -2.47. The summed E-state index contributed by atoms with van der Waals surface area (Å²) in [5.74, 6) is -6.36. The van der Waals surface area contributed by atoms with Crippen LogP contribution in [0.15, 0.2) is 42.5 Å². The van der Waals surface area contributed by atoms with Crippen molar-refractivity contribution in [2.75, 3.05) is 0 Å². The molecule has 0 saturated heterocycles. The molecule has 25 heavy (non-hydrogen) atoms. The van der Waals surface area contributed by atoms with Crippen LogP contribution in [0.3, 0.4) is 0 Å². The highest BCUT2D eigenvalue weighted by Crippen LogP contribution is 2.41. The number of alkyl halides is 4. The van der Waals surface area contributed by atoms with Gasteiger partial charge < -0.3 is 4.74 Å². The number of benzene rings is 2. The van der Waals surface area contributed by atoms with Crippen molar-refractivity contribution in [2.24, 2.45) is 0 Å². The van der Waals surface area contributed by atoms with Crippen LogP contribution in [0.5, 0.6) is 5.75 Å². The fourth-order valence-electron chi connectivity index (χ4n) is 2.01. The Morgan fingerprint density at radius 1 is 1.04 bits per heavy atom. The number of fused-ring (bicyclic) bond motifs is 1. The van der Waals surface area contributed by atoms with Crippen molar-refractivity contribution in [3.8, 4) is 5.75 Å². The van der Waals surface area contributed by atoms with Gasteiger partial charge in [-0.2, -0.15) is 26.0 Å². The summed E-state index contributed by atoms with van der Waals surface area (Å²) in [4.78, 5) is 11.6. The minimum Gasteiger partial charge on any atom is -0.427 e. The largest absolute Gasteiger partial charge is 0.431 e. The number of hydrogen-bond acceptors (Lipinski definition) is 4. The standard InChI is InChI=1S/C15H12F4O5S/c16-14(17,15(18,19)25(21,22)23)8-7-13(20)24-12-6-5-10-3-1-2-4-11(10)9-12/h1-6,9H,7-8H2,(H,21,22,23). The van der Waals surface area contributed by atoms with Gasteiger partial charge >= 0.3 is 27.3 Å². The molecular formula is C15H12F4O5S. The quantitative estimate of drug-likeness (QED) is 0.358. The third kappa shape index (κ3) is 4.07. The Morgan fingerprint density at radius 3 is 2.24 bits per heavy atom. The number of carbonyl (C=O) groups excluding carboxylic acids is 1. The van der Waals surface area contributed by atoms with Gasteiger partial charge in [0, 0.05) is 6.42 Å². The number of esters is 1. The van der Waals surface area contributed by atoms with E-state index >= 15 is 0 Å². The molecule has 0 aliphatic heterocycles. The van der Waals surface area contributed by atoms with E-state index in [1.165, 1.54) is 12.1 Å². The predicted octanol–water partition coefficient (Wildman–Crippen LogP) is 3.64. The van der Waals surface area contributed by atoms with Crippen LogP contribution in [-0.2, 0) is 14.9 Å². The average molecular weight is 380 g/mol. The SMILES string of the molecule is O=C(CCC(F)(F)C(F)(F)S(=O)(=O)O)Oc1ccc2ccccc2c1. The van der Waals surface area contributed by atoms with E-state index in [0.29, 0.717) is 5.39 Å². The smallest absolute Gasteiger partial charge is 0.427 e. The fourth-order valence-corrected chi connectivity index (χ4v) is 2.49. The molecule has 136 valence electrons.